The van der Waals surface area contributed by atoms with Crippen LogP contribution in [0.1, 0.15) is 47.7 Å². The Balaban J connectivity index is 1.70. The van der Waals surface area contributed by atoms with E-state index in [1.807, 2.05) is 12.1 Å². The van der Waals surface area contributed by atoms with Gasteiger partial charge in [0.05, 0.1) is 0 Å². The molecule has 1 aromatic carbocycles. The first kappa shape index (κ1) is 12.7. The number of amides is 1. The summed E-state index contributed by atoms with van der Waals surface area (Å²) in [6, 6.07) is 6.51. The molecule has 0 saturated heterocycles. The van der Waals surface area contributed by atoms with Crippen molar-refractivity contribution in [1.29, 1.82) is 0 Å². The summed E-state index contributed by atoms with van der Waals surface area (Å²) in [5.41, 5.74) is 3.41. The van der Waals surface area contributed by atoms with Crippen molar-refractivity contribution in [2.75, 3.05) is 6.54 Å². The molecule has 1 aliphatic heterocycles. The molecule has 0 radical (unpaired) electrons. The van der Waals surface area contributed by atoms with Crippen molar-refractivity contribution in [2.24, 2.45) is 5.92 Å². The van der Waals surface area contributed by atoms with Gasteiger partial charge in [-0.1, -0.05) is 25.5 Å². The highest BCUT2D eigenvalue weighted by molar-refractivity contribution is 5.96. The van der Waals surface area contributed by atoms with Crippen molar-refractivity contribution in [3.05, 3.63) is 34.9 Å². The summed E-state index contributed by atoms with van der Waals surface area (Å²) in [7, 11) is 0. The lowest BCUT2D eigenvalue weighted by molar-refractivity contribution is 0.0947. The lowest BCUT2D eigenvalue weighted by Gasteiger charge is -2.20. The number of nitrogens with one attached hydrogen (secondary N) is 2. The Hall–Kier alpha value is -1.35. The van der Waals surface area contributed by atoms with E-state index in [4.69, 9.17) is 0 Å². The zero-order valence-corrected chi connectivity index (χ0v) is 11.5. The molecule has 2 atom stereocenters. The smallest absolute Gasteiger partial charge is 0.251 e. The number of rotatable bonds is 4. The standard InChI is InChI=1S/C16H22N2O/c1-2-4-11-9-15(11)18-16(19)14-6-3-5-12-10-17-8-7-13(12)14/h3,5-6,11,15,17H,2,4,7-10H2,1H3,(H,18,19). The number of hydrogen-bond donors (Lipinski definition) is 2. The van der Waals surface area contributed by atoms with Crippen LogP contribution in [0.15, 0.2) is 18.2 Å². The molecule has 1 aliphatic carbocycles. The van der Waals surface area contributed by atoms with Crippen LogP contribution >= 0.6 is 0 Å². The Labute approximate surface area is 114 Å². The predicted molar refractivity (Wildman–Crippen MR) is 76.1 cm³/mol. The summed E-state index contributed by atoms with van der Waals surface area (Å²) in [6.45, 7) is 4.06. The molecule has 0 bridgehead atoms. The van der Waals surface area contributed by atoms with Gasteiger partial charge < -0.3 is 10.6 Å². The number of fused-ring (bicyclic) bond motifs is 1. The van der Waals surface area contributed by atoms with E-state index < -0.39 is 0 Å². The minimum atomic E-state index is 0.127. The van der Waals surface area contributed by atoms with E-state index in [1.54, 1.807) is 0 Å². The average Bonchev–Trinajstić information content (AvgIpc) is 3.16. The normalized spacial score (nSPS) is 24.7. The topological polar surface area (TPSA) is 41.1 Å². The molecule has 1 fully saturated rings. The molecule has 1 saturated carbocycles. The van der Waals surface area contributed by atoms with Crippen molar-refractivity contribution in [3.8, 4) is 0 Å². The third kappa shape index (κ3) is 2.66. The molecule has 0 spiro atoms. The molecular weight excluding hydrogens is 236 g/mol. The van der Waals surface area contributed by atoms with E-state index in [2.05, 4.69) is 23.6 Å². The highest BCUT2D eigenvalue weighted by Gasteiger charge is 2.37. The van der Waals surface area contributed by atoms with Gasteiger partial charge in [0.2, 0.25) is 0 Å². The van der Waals surface area contributed by atoms with E-state index in [-0.39, 0.29) is 5.91 Å². The third-order valence-electron chi connectivity index (χ3n) is 4.28. The summed E-state index contributed by atoms with van der Waals surface area (Å²) in [5, 5.41) is 6.55. The van der Waals surface area contributed by atoms with Gasteiger partial charge in [-0.05, 0) is 48.9 Å². The average molecular weight is 258 g/mol. The molecule has 0 aromatic heterocycles. The fourth-order valence-electron chi connectivity index (χ4n) is 3.11. The van der Waals surface area contributed by atoms with E-state index in [1.165, 1.54) is 24.0 Å². The maximum Gasteiger partial charge on any atom is 0.251 e. The lowest BCUT2D eigenvalue weighted by Crippen LogP contribution is -2.31. The van der Waals surface area contributed by atoms with Crippen LogP contribution in [-0.4, -0.2) is 18.5 Å². The van der Waals surface area contributed by atoms with Crippen LogP contribution in [0.25, 0.3) is 0 Å². The summed E-state index contributed by atoms with van der Waals surface area (Å²) in [6.07, 6.45) is 4.57. The minimum absolute atomic E-state index is 0.127. The van der Waals surface area contributed by atoms with Crippen LogP contribution in [0, 0.1) is 5.92 Å². The fourth-order valence-corrected chi connectivity index (χ4v) is 3.11. The van der Waals surface area contributed by atoms with Gasteiger partial charge >= 0.3 is 0 Å². The summed E-state index contributed by atoms with van der Waals surface area (Å²) < 4.78 is 0. The van der Waals surface area contributed by atoms with Gasteiger partial charge in [0, 0.05) is 18.2 Å². The number of carbonyl (C=O) groups is 1. The fraction of sp³-hybridized carbons (Fsp3) is 0.562. The Bertz CT molecular complexity index is 484. The van der Waals surface area contributed by atoms with E-state index in [9.17, 15) is 4.79 Å². The molecule has 102 valence electrons. The first-order valence-electron chi connectivity index (χ1n) is 7.42. The molecule has 19 heavy (non-hydrogen) atoms. The predicted octanol–water partition coefficient (Wildman–Crippen LogP) is 2.25. The molecule has 2 N–H and O–H groups in total. The van der Waals surface area contributed by atoms with Crippen molar-refractivity contribution in [1.82, 2.24) is 10.6 Å². The molecule has 2 aliphatic rings. The van der Waals surface area contributed by atoms with Crippen molar-refractivity contribution < 1.29 is 4.79 Å². The van der Waals surface area contributed by atoms with E-state index in [0.29, 0.717) is 6.04 Å². The van der Waals surface area contributed by atoms with E-state index in [0.717, 1.165) is 37.4 Å². The second kappa shape index (κ2) is 5.33. The zero-order chi connectivity index (χ0) is 13.2. The summed E-state index contributed by atoms with van der Waals surface area (Å²) in [4.78, 5) is 12.4. The first-order valence-corrected chi connectivity index (χ1v) is 7.42. The third-order valence-corrected chi connectivity index (χ3v) is 4.28. The van der Waals surface area contributed by atoms with Gasteiger partial charge in [0.15, 0.2) is 0 Å². The Morgan fingerprint density at radius 1 is 1.47 bits per heavy atom. The molecular formula is C16H22N2O. The minimum Gasteiger partial charge on any atom is -0.349 e. The second-order valence-corrected chi connectivity index (χ2v) is 5.73. The molecule has 1 amide bonds. The molecule has 1 heterocycles. The largest absolute Gasteiger partial charge is 0.349 e. The van der Waals surface area contributed by atoms with Gasteiger partial charge in [0.1, 0.15) is 0 Å². The quantitative estimate of drug-likeness (QED) is 0.869. The zero-order valence-electron chi connectivity index (χ0n) is 11.5. The maximum absolute atomic E-state index is 12.4. The van der Waals surface area contributed by atoms with Crippen LogP contribution in [0.4, 0.5) is 0 Å². The van der Waals surface area contributed by atoms with Gasteiger partial charge in [-0.3, -0.25) is 4.79 Å². The maximum atomic E-state index is 12.4. The number of hydrogen-bond acceptors (Lipinski definition) is 2. The van der Waals surface area contributed by atoms with Gasteiger partial charge in [0.25, 0.3) is 5.91 Å². The van der Waals surface area contributed by atoms with Crippen LogP contribution in [-0.2, 0) is 13.0 Å². The highest BCUT2D eigenvalue weighted by Crippen LogP contribution is 2.34. The Kier molecular flexibility index (Phi) is 3.56. The molecule has 3 nitrogen and oxygen atoms in total. The van der Waals surface area contributed by atoms with Crippen LogP contribution in [0.5, 0.6) is 0 Å². The lowest BCUT2D eigenvalue weighted by atomic mass is 9.95. The molecule has 1 aromatic rings. The van der Waals surface area contributed by atoms with Gasteiger partial charge in [-0.2, -0.15) is 0 Å². The number of carbonyl (C=O) groups excluding carboxylic acids is 1. The highest BCUT2D eigenvalue weighted by atomic mass is 16.1. The number of benzene rings is 1. The first-order chi connectivity index (χ1) is 9.29. The Morgan fingerprint density at radius 3 is 3.21 bits per heavy atom. The van der Waals surface area contributed by atoms with Crippen molar-refractivity contribution >= 4 is 5.91 Å². The van der Waals surface area contributed by atoms with Crippen LogP contribution in [0.3, 0.4) is 0 Å². The van der Waals surface area contributed by atoms with Gasteiger partial charge in [-0.15, -0.1) is 0 Å². The van der Waals surface area contributed by atoms with Gasteiger partial charge in [-0.25, -0.2) is 0 Å². The van der Waals surface area contributed by atoms with Crippen LogP contribution < -0.4 is 10.6 Å². The molecule has 3 rings (SSSR count). The van der Waals surface area contributed by atoms with Crippen LogP contribution in [0.2, 0.25) is 0 Å². The Morgan fingerprint density at radius 2 is 2.37 bits per heavy atom. The van der Waals surface area contributed by atoms with Crippen molar-refractivity contribution in [3.63, 3.8) is 0 Å². The molecule has 2 unspecified atom stereocenters. The van der Waals surface area contributed by atoms with E-state index >= 15 is 0 Å². The SMILES string of the molecule is CCCC1CC1NC(=O)c1cccc2c1CCNC2. The van der Waals surface area contributed by atoms with Crippen molar-refractivity contribution in [2.45, 2.75) is 45.2 Å². The summed E-state index contributed by atoms with van der Waals surface area (Å²) in [5.74, 6) is 0.845. The second-order valence-electron chi connectivity index (χ2n) is 5.73. The molecule has 3 heteroatoms. The summed E-state index contributed by atoms with van der Waals surface area (Å²) >= 11 is 0. The monoisotopic (exact) mass is 258 g/mol.